The molecule has 3 aliphatic heterocycles. The number of carbonyl (C=O) groups is 3. The minimum Gasteiger partial charge on any atom is -0.384 e. The number of aromatic nitrogens is 6. The van der Waals surface area contributed by atoms with Crippen molar-refractivity contribution < 1.29 is 39.6 Å². The first-order valence-electron chi connectivity index (χ1n) is 34.7. The fourth-order valence-corrected chi connectivity index (χ4v) is 18.6. The summed E-state index contributed by atoms with van der Waals surface area (Å²) in [5.74, 6) is 2.44. The van der Waals surface area contributed by atoms with Gasteiger partial charge in [0.15, 0.2) is 32.4 Å². The quantitative estimate of drug-likeness (QED) is 0.0673. The fourth-order valence-electron chi connectivity index (χ4n) is 15.1. The molecule has 3 saturated heterocycles. The predicted octanol–water partition coefficient (Wildman–Crippen LogP) is 12.1. The third kappa shape index (κ3) is 16.3. The van der Waals surface area contributed by atoms with Crippen LogP contribution in [0.4, 0.5) is 34.9 Å². The van der Waals surface area contributed by atoms with Gasteiger partial charge in [0.2, 0.25) is 29.5 Å². The number of carbonyl (C=O) groups excluding carboxylic acids is 3. The molecule has 24 heteroatoms. The van der Waals surface area contributed by atoms with E-state index in [1.807, 2.05) is 18.2 Å². The second kappa shape index (κ2) is 27.2. The van der Waals surface area contributed by atoms with Crippen molar-refractivity contribution in [3.63, 3.8) is 0 Å². The Labute approximate surface area is 586 Å². The molecule has 0 amide bonds. The summed E-state index contributed by atoms with van der Waals surface area (Å²) in [7, 11) is -11.8. The summed E-state index contributed by atoms with van der Waals surface area (Å²) >= 11 is 0. The highest BCUT2D eigenvalue weighted by molar-refractivity contribution is 7.92. The molecule has 0 radical (unpaired) electrons. The van der Waals surface area contributed by atoms with Gasteiger partial charge in [-0.15, -0.1) is 0 Å². The number of hydrogen-bond donors (Lipinski definition) is 3. The molecule has 6 N–H and O–H groups in total. The Kier molecular flexibility index (Phi) is 20.4. The lowest BCUT2D eigenvalue weighted by Gasteiger charge is -2.38. The van der Waals surface area contributed by atoms with Crippen LogP contribution in [0.5, 0.6) is 0 Å². The summed E-state index contributed by atoms with van der Waals surface area (Å²) in [5.41, 5.74) is 19.6. The maximum atomic E-state index is 13.4. The van der Waals surface area contributed by atoms with Crippen LogP contribution in [0.15, 0.2) is 106 Å². The average molecular weight is 1410 g/mol. The zero-order valence-electron chi connectivity index (χ0n) is 60.4. The Morgan fingerprint density at radius 1 is 0.374 bits per heavy atom. The Bertz CT molecular complexity index is 3990. The molecule has 12 rings (SSSR count). The minimum atomic E-state index is -3.94. The van der Waals surface area contributed by atoms with Crippen molar-refractivity contribution in [3.05, 3.63) is 125 Å². The van der Waals surface area contributed by atoms with E-state index >= 15 is 0 Å². The molecule has 3 unspecified atom stereocenters. The SMILES string of the molecule is CC(C)(C)c1ccc(C(=O)CS(=O)(=O)c2cccc(N)n2)c(N2CCC(C3CC3)C2(C)C)n1.CC(C)(C)c1ccc(C(=O)CS(=O)(=O)c2cccc(N)n2)c(N2CCC(C3CC3)C2(C)C)n1.CC(C)(C)c1ccc(C(=O)CS(=O)(=O)c2cccc(N)n2)c(N2CCC(C3CC3)C2(C)C)n1. The molecule has 0 bridgehead atoms. The lowest BCUT2D eigenvalue weighted by atomic mass is 9.84. The van der Waals surface area contributed by atoms with Gasteiger partial charge in [-0.25, -0.2) is 55.2 Å². The van der Waals surface area contributed by atoms with Gasteiger partial charge in [-0.3, -0.25) is 14.4 Å². The van der Waals surface area contributed by atoms with E-state index in [0.717, 1.165) is 73.7 Å². The van der Waals surface area contributed by atoms with Crippen LogP contribution >= 0.6 is 0 Å². The van der Waals surface area contributed by atoms with Gasteiger partial charge in [0.05, 0.1) is 16.7 Å². The predicted molar refractivity (Wildman–Crippen MR) is 391 cm³/mol. The first kappa shape index (κ1) is 74.3. The van der Waals surface area contributed by atoms with Crippen molar-refractivity contribution >= 4 is 81.8 Å². The topological polar surface area (TPSA) is 319 Å². The van der Waals surface area contributed by atoms with E-state index in [9.17, 15) is 39.6 Å². The van der Waals surface area contributed by atoms with Crippen LogP contribution in [0.1, 0.15) is 210 Å². The van der Waals surface area contributed by atoms with Crippen LogP contribution in [-0.4, -0.2) is 126 Å². The molecule has 6 aromatic rings. The zero-order chi connectivity index (χ0) is 72.5. The number of nitrogen functional groups attached to an aromatic ring is 3. The second-order valence-electron chi connectivity index (χ2n) is 32.8. The Balaban J connectivity index is 0.000000161. The third-order valence-electron chi connectivity index (χ3n) is 21.1. The monoisotopic (exact) mass is 1410 g/mol. The smallest absolute Gasteiger partial charge is 0.203 e. The number of nitrogens with two attached hydrogens (primary N) is 3. The van der Waals surface area contributed by atoms with Crippen molar-refractivity contribution in [1.29, 1.82) is 0 Å². The summed E-state index contributed by atoms with van der Waals surface area (Å²) < 4.78 is 77.6. The molecule has 6 aromatic heterocycles. The summed E-state index contributed by atoms with van der Waals surface area (Å²) in [6, 6.07) is 24.0. The number of Topliss-reactive ketones (excluding diaryl/α,β-unsaturated/α-hetero) is 3. The highest BCUT2D eigenvalue weighted by Gasteiger charge is 2.53. The number of rotatable bonds is 18. The number of sulfone groups is 3. The van der Waals surface area contributed by atoms with Gasteiger partial charge < -0.3 is 31.9 Å². The van der Waals surface area contributed by atoms with Gasteiger partial charge in [-0.1, -0.05) is 80.5 Å². The van der Waals surface area contributed by atoms with Gasteiger partial charge in [-0.2, -0.15) is 0 Å². The van der Waals surface area contributed by atoms with Gasteiger partial charge in [-0.05, 0) is 208 Å². The summed E-state index contributed by atoms with van der Waals surface area (Å²) in [6.07, 6.45) is 10.7. The van der Waals surface area contributed by atoms with Crippen molar-refractivity contribution in [2.45, 2.75) is 210 Å². The van der Waals surface area contributed by atoms with Crippen LogP contribution in [0.2, 0.25) is 0 Å². The summed E-state index contributed by atoms with van der Waals surface area (Å²) in [5, 5.41) is -0.564. The number of hydrogen-bond acceptors (Lipinski definition) is 21. The van der Waals surface area contributed by atoms with E-state index in [4.69, 9.17) is 32.2 Å². The largest absolute Gasteiger partial charge is 0.384 e. The Morgan fingerprint density at radius 3 is 0.808 bits per heavy atom. The Morgan fingerprint density at radius 2 is 0.606 bits per heavy atom. The van der Waals surface area contributed by atoms with E-state index < -0.39 is 64.1 Å². The molecule has 3 atom stereocenters. The zero-order valence-corrected chi connectivity index (χ0v) is 62.8. The van der Waals surface area contributed by atoms with E-state index in [-0.39, 0.29) is 65.4 Å². The molecular weight excluding hydrogens is 1310 g/mol. The fraction of sp³-hybridized carbons (Fsp3) is 0.560. The highest BCUT2D eigenvalue weighted by Crippen LogP contribution is 2.54. The average Bonchev–Trinajstić information content (AvgIpc) is 1.67. The van der Waals surface area contributed by atoms with E-state index in [0.29, 0.717) is 51.9 Å². The molecule has 0 spiro atoms. The standard InChI is InChI=1S/3C25H34N4O3S/c3*1-24(2,3)20-12-11-17(19(30)15-33(31,32)22-8-6-7-21(26)28-22)23(27-20)29-14-13-18(16-9-10-16)25(29,4)5/h3*6-8,11-12,16,18H,9-10,13-15H2,1-5H3,(H2,26,28). The maximum absolute atomic E-state index is 13.4. The lowest BCUT2D eigenvalue weighted by molar-refractivity contribution is 0.101. The second-order valence-corrected chi connectivity index (χ2v) is 38.6. The molecule has 6 aliphatic rings. The molecule has 21 nitrogen and oxygen atoms in total. The first-order chi connectivity index (χ1) is 45.9. The van der Waals surface area contributed by atoms with Crippen molar-refractivity contribution in [2.75, 3.05) is 68.8 Å². The van der Waals surface area contributed by atoms with E-state index in [1.165, 1.54) is 93.1 Å². The molecule has 6 fully saturated rings. The van der Waals surface area contributed by atoms with Gasteiger partial charge >= 0.3 is 0 Å². The van der Waals surface area contributed by atoms with Crippen LogP contribution in [0.3, 0.4) is 0 Å². The molecule has 3 aliphatic carbocycles. The molecule has 99 heavy (non-hydrogen) atoms. The van der Waals surface area contributed by atoms with Crippen molar-refractivity contribution in [3.8, 4) is 0 Å². The number of ketones is 3. The van der Waals surface area contributed by atoms with Gasteiger partial charge in [0.1, 0.15) is 52.2 Å². The molecule has 534 valence electrons. The number of pyridine rings is 6. The molecular formula is C75H102N12O9S3. The van der Waals surface area contributed by atoms with Crippen molar-refractivity contribution in [2.24, 2.45) is 35.5 Å². The van der Waals surface area contributed by atoms with E-state index in [2.05, 4.69) is 134 Å². The first-order valence-corrected chi connectivity index (χ1v) is 39.7. The third-order valence-corrected chi connectivity index (χ3v) is 25.6. The molecule has 3 saturated carbocycles. The molecule has 0 aromatic carbocycles. The van der Waals surface area contributed by atoms with Crippen LogP contribution in [0, 0.1) is 35.5 Å². The maximum Gasteiger partial charge on any atom is 0.203 e. The van der Waals surface area contributed by atoms with Crippen molar-refractivity contribution in [1.82, 2.24) is 29.9 Å². The van der Waals surface area contributed by atoms with E-state index in [1.54, 1.807) is 18.2 Å². The normalized spacial score (nSPS) is 20.8. The highest BCUT2D eigenvalue weighted by atomic mass is 32.2. The molecule has 9 heterocycles. The number of nitrogens with zero attached hydrogens (tertiary/aromatic N) is 9. The van der Waals surface area contributed by atoms with Gasteiger partial charge in [0.25, 0.3) is 0 Å². The summed E-state index contributed by atoms with van der Waals surface area (Å²) in [6.45, 7) is 34.5. The Hall–Kier alpha value is -7.44. The minimum absolute atomic E-state index is 0.102. The van der Waals surface area contributed by atoms with Crippen LogP contribution in [0.25, 0.3) is 0 Å². The van der Waals surface area contributed by atoms with Gasteiger partial charge in [0, 0.05) is 69.6 Å². The van der Waals surface area contributed by atoms with Crippen LogP contribution < -0.4 is 31.9 Å². The van der Waals surface area contributed by atoms with Crippen LogP contribution in [-0.2, 0) is 45.8 Å². The summed E-state index contributed by atoms with van der Waals surface area (Å²) in [4.78, 5) is 73.4. The lowest BCUT2D eigenvalue weighted by Crippen LogP contribution is -2.44. The number of anilines is 6.